The number of carbonyl (C=O) groups excluding carboxylic acids is 1. The minimum Gasteiger partial charge on any atom is -0.344 e. The number of hydrogen-bond donors (Lipinski definition) is 1. The third-order valence-corrected chi connectivity index (χ3v) is 7.60. The zero-order valence-corrected chi connectivity index (χ0v) is 20.8. The summed E-state index contributed by atoms with van der Waals surface area (Å²) in [6.45, 7) is 1.45. The van der Waals surface area contributed by atoms with Crippen molar-refractivity contribution in [3.63, 3.8) is 0 Å². The first kappa shape index (κ1) is 25.6. The Kier molecular flexibility index (Phi) is 7.64. The van der Waals surface area contributed by atoms with Crippen LogP contribution in [0.4, 0.5) is 11.4 Å². The van der Waals surface area contributed by atoms with Gasteiger partial charge in [0, 0.05) is 12.1 Å². The van der Waals surface area contributed by atoms with Crippen molar-refractivity contribution in [3.05, 3.63) is 136 Å². The van der Waals surface area contributed by atoms with Gasteiger partial charge in [0.2, 0.25) is 5.91 Å². The molecular formula is C28H25N3O5S. The molecule has 4 rings (SSSR count). The molecule has 0 saturated heterocycles. The Morgan fingerprint density at radius 3 is 1.95 bits per heavy atom. The largest absolute Gasteiger partial charge is 0.344 e. The number of benzene rings is 4. The molecule has 1 amide bonds. The first-order chi connectivity index (χ1) is 17.8. The van der Waals surface area contributed by atoms with E-state index in [1.54, 1.807) is 18.2 Å². The Balaban J connectivity index is 1.68. The predicted molar refractivity (Wildman–Crippen MR) is 142 cm³/mol. The molecule has 0 radical (unpaired) electrons. The maximum Gasteiger partial charge on any atom is 0.269 e. The minimum absolute atomic E-state index is 0.000651. The maximum atomic E-state index is 13.6. The van der Waals surface area contributed by atoms with Gasteiger partial charge in [-0.05, 0) is 42.3 Å². The Bertz CT molecular complexity index is 1470. The van der Waals surface area contributed by atoms with Crippen LogP contribution in [0.5, 0.6) is 0 Å². The van der Waals surface area contributed by atoms with Crippen LogP contribution in [-0.2, 0) is 14.8 Å². The third kappa shape index (κ3) is 6.02. The van der Waals surface area contributed by atoms with Crippen molar-refractivity contribution in [2.75, 3.05) is 10.8 Å². The first-order valence-electron chi connectivity index (χ1n) is 11.5. The van der Waals surface area contributed by atoms with Gasteiger partial charge in [0.1, 0.15) is 6.54 Å². The summed E-state index contributed by atoms with van der Waals surface area (Å²) in [6, 6.07) is 29.4. The highest BCUT2D eigenvalue weighted by molar-refractivity contribution is 7.92. The molecule has 8 nitrogen and oxygen atoms in total. The number of carbonyl (C=O) groups is 1. The van der Waals surface area contributed by atoms with Crippen LogP contribution < -0.4 is 9.62 Å². The number of anilines is 1. The second-order valence-electron chi connectivity index (χ2n) is 8.42. The fraction of sp³-hybridized carbons (Fsp3) is 0.107. The van der Waals surface area contributed by atoms with Crippen molar-refractivity contribution < 1.29 is 18.1 Å². The smallest absolute Gasteiger partial charge is 0.269 e. The summed E-state index contributed by atoms with van der Waals surface area (Å²) in [5, 5.41) is 14.1. The molecule has 0 bridgehead atoms. The molecule has 0 heterocycles. The molecule has 0 aliphatic rings. The zero-order chi connectivity index (χ0) is 26.4. The van der Waals surface area contributed by atoms with Crippen LogP contribution in [0, 0.1) is 17.0 Å². The number of amides is 1. The lowest BCUT2D eigenvalue weighted by atomic mass is 9.98. The molecule has 188 valence electrons. The summed E-state index contributed by atoms with van der Waals surface area (Å²) in [5.41, 5.74) is 2.70. The van der Waals surface area contributed by atoms with E-state index in [0.29, 0.717) is 0 Å². The molecule has 0 aliphatic carbocycles. The van der Waals surface area contributed by atoms with E-state index in [4.69, 9.17) is 0 Å². The van der Waals surface area contributed by atoms with Crippen LogP contribution >= 0.6 is 0 Å². The topological polar surface area (TPSA) is 110 Å². The van der Waals surface area contributed by atoms with E-state index in [-0.39, 0.29) is 16.3 Å². The van der Waals surface area contributed by atoms with E-state index in [1.807, 2.05) is 61.5 Å². The number of nitro groups is 1. The lowest BCUT2D eigenvalue weighted by molar-refractivity contribution is -0.384. The van der Waals surface area contributed by atoms with Crippen LogP contribution in [0.2, 0.25) is 0 Å². The van der Waals surface area contributed by atoms with E-state index in [0.717, 1.165) is 21.0 Å². The molecule has 0 spiro atoms. The van der Waals surface area contributed by atoms with E-state index < -0.39 is 33.4 Å². The Morgan fingerprint density at radius 2 is 1.38 bits per heavy atom. The predicted octanol–water partition coefficient (Wildman–Crippen LogP) is 5.00. The molecule has 1 N–H and O–H groups in total. The quantitative estimate of drug-likeness (QED) is 0.249. The number of rotatable bonds is 9. The molecule has 37 heavy (non-hydrogen) atoms. The van der Waals surface area contributed by atoms with E-state index >= 15 is 0 Å². The molecule has 0 saturated carbocycles. The average Bonchev–Trinajstić information content (AvgIpc) is 2.92. The number of nitrogens with one attached hydrogen (secondary N) is 1. The van der Waals surface area contributed by atoms with Crippen LogP contribution in [0.15, 0.2) is 114 Å². The third-order valence-electron chi connectivity index (χ3n) is 5.82. The van der Waals surface area contributed by atoms with E-state index in [1.165, 1.54) is 36.4 Å². The van der Waals surface area contributed by atoms with Gasteiger partial charge in [-0.15, -0.1) is 0 Å². The second kappa shape index (κ2) is 11.0. The molecule has 0 aromatic heterocycles. The van der Waals surface area contributed by atoms with Crippen LogP contribution in [0.1, 0.15) is 22.7 Å². The summed E-state index contributed by atoms with van der Waals surface area (Å²) < 4.78 is 28.1. The molecule has 1 atom stereocenters. The zero-order valence-electron chi connectivity index (χ0n) is 20.0. The van der Waals surface area contributed by atoms with Gasteiger partial charge in [0.25, 0.3) is 15.7 Å². The fourth-order valence-corrected chi connectivity index (χ4v) is 5.32. The van der Waals surface area contributed by atoms with Gasteiger partial charge in [-0.1, -0.05) is 78.4 Å². The lowest BCUT2D eigenvalue weighted by Crippen LogP contribution is -2.42. The van der Waals surface area contributed by atoms with Crippen molar-refractivity contribution >= 4 is 27.3 Å². The Labute approximate surface area is 215 Å². The Hall–Kier alpha value is -4.50. The molecule has 0 fully saturated rings. The van der Waals surface area contributed by atoms with Crippen molar-refractivity contribution in [1.82, 2.24) is 5.32 Å². The highest BCUT2D eigenvalue weighted by Crippen LogP contribution is 2.27. The minimum atomic E-state index is -4.15. The summed E-state index contributed by atoms with van der Waals surface area (Å²) in [4.78, 5) is 23.9. The van der Waals surface area contributed by atoms with Gasteiger partial charge in [0.15, 0.2) is 0 Å². The monoisotopic (exact) mass is 515 g/mol. The number of nitrogens with zero attached hydrogens (tertiary/aromatic N) is 2. The van der Waals surface area contributed by atoms with Gasteiger partial charge in [-0.2, -0.15) is 0 Å². The van der Waals surface area contributed by atoms with Gasteiger partial charge in [0.05, 0.1) is 21.5 Å². The Morgan fingerprint density at radius 1 is 0.838 bits per heavy atom. The molecule has 4 aromatic carbocycles. The number of hydrogen-bond acceptors (Lipinski definition) is 5. The molecule has 4 aromatic rings. The standard InChI is InChI=1S/C28H25N3O5S/c1-21-12-14-23(15-13-21)28(22-8-4-2-5-9-22)29-27(32)20-30(24-16-18-25(19-17-24)31(33)34)37(35,36)26-10-6-3-7-11-26/h2-19,28H,20H2,1H3,(H,29,32)/t28-/m1/s1. The van der Waals surface area contributed by atoms with Gasteiger partial charge < -0.3 is 5.32 Å². The lowest BCUT2D eigenvalue weighted by Gasteiger charge is -2.26. The number of aryl methyl sites for hydroxylation is 1. The highest BCUT2D eigenvalue weighted by atomic mass is 32.2. The SMILES string of the molecule is Cc1ccc([C@H](NC(=O)CN(c2ccc([N+](=O)[O-])cc2)S(=O)(=O)c2ccccc2)c2ccccc2)cc1. The summed E-state index contributed by atoms with van der Waals surface area (Å²) in [7, 11) is -4.15. The second-order valence-corrected chi connectivity index (χ2v) is 10.3. The fourth-order valence-electron chi connectivity index (χ4n) is 3.88. The summed E-state index contributed by atoms with van der Waals surface area (Å²) >= 11 is 0. The maximum absolute atomic E-state index is 13.6. The van der Waals surface area contributed by atoms with Crippen LogP contribution in [-0.4, -0.2) is 25.8 Å². The number of non-ortho nitro benzene ring substituents is 1. The van der Waals surface area contributed by atoms with E-state index in [2.05, 4.69) is 5.32 Å². The van der Waals surface area contributed by atoms with Crippen LogP contribution in [0.3, 0.4) is 0 Å². The van der Waals surface area contributed by atoms with Crippen molar-refractivity contribution in [1.29, 1.82) is 0 Å². The first-order valence-corrected chi connectivity index (χ1v) is 12.9. The molecule has 0 aliphatic heterocycles. The van der Waals surface area contributed by atoms with Crippen molar-refractivity contribution in [2.45, 2.75) is 17.9 Å². The molecule has 0 unspecified atom stereocenters. The van der Waals surface area contributed by atoms with Crippen LogP contribution in [0.25, 0.3) is 0 Å². The molecular weight excluding hydrogens is 490 g/mol. The summed E-state index contributed by atoms with van der Waals surface area (Å²) in [5.74, 6) is -0.535. The van der Waals surface area contributed by atoms with Crippen molar-refractivity contribution in [2.24, 2.45) is 0 Å². The average molecular weight is 516 g/mol. The number of nitro benzene ring substituents is 1. The van der Waals surface area contributed by atoms with Crippen molar-refractivity contribution in [3.8, 4) is 0 Å². The molecule has 9 heteroatoms. The highest BCUT2D eigenvalue weighted by Gasteiger charge is 2.28. The van der Waals surface area contributed by atoms with E-state index in [9.17, 15) is 23.3 Å². The normalized spacial score (nSPS) is 11.9. The van der Waals surface area contributed by atoms with Gasteiger partial charge in [-0.25, -0.2) is 8.42 Å². The number of sulfonamides is 1. The van der Waals surface area contributed by atoms with Gasteiger partial charge >= 0.3 is 0 Å². The summed E-state index contributed by atoms with van der Waals surface area (Å²) in [6.07, 6.45) is 0. The van der Waals surface area contributed by atoms with Gasteiger partial charge in [-0.3, -0.25) is 19.2 Å².